The van der Waals surface area contributed by atoms with Crippen LogP contribution in [0.2, 0.25) is 0 Å². The Balaban J connectivity index is 3.02. The van der Waals surface area contributed by atoms with Gasteiger partial charge in [-0.2, -0.15) is 0 Å². The van der Waals surface area contributed by atoms with Gasteiger partial charge in [0.2, 0.25) is 5.91 Å². The van der Waals surface area contributed by atoms with Crippen LogP contribution in [0.1, 0.15) is 37.6 Å². The van der Waals surface area contributed by atoms with Crippen molar-refractivity contribution in [2.75, 3.05) is 5.32 Å². The van der Waals surface area contributed by atoms with Gasteiger partial charge in [0.25, 0.3) is 0 Å². The number of thiocarbonyl (C=S) groups is 1. The smallest absolute Gasteiger partial charge is 0.242 e. The van der Waals surface area contributed by atoms with E-state index in [1.165, 1.54) is 0 Å². The molecule has 0 aliphatic carbocycles. The van der Waals surface area contributed by atoms with E-state index in [-0.39, 0.29) is 16.9 Å². The van der Waals surface area contributed by atoms with Crippen LogP contribution in [-0.4, -0.2) is 28.0 Å². The molecule has 0 bridgehead atoms. The molecule has 0 saturated heterocycles. The average molecular weight is 294 g/mol. The quantitative estimate of drug-likeness (QED) is 0.720. The van der Waals surface area contributed by atoms with Crippen LogP contribution in [0, 0.1) is 13.8 Å². The number of aryl methyl sites for hydroxylation is 2. The van der Waals surface area contributed by atoms with E-state index in [1.807, 2.05) is 33.8 Å². The van der Waals surface area contributed by atoms with Gasteiger partial charge in [0.1, 0.15) is 16.8 Å². The number of nitrogens with one attached hydrogen (secondary N) is 2. The predicted molar refractivity (Wildman–Crippen MR) is 86.0 cm³/mol. The van der Waals surface area contributed by atoms with Gasteiger partial charge in [-0.25, -0.2) is 4.98 Å². The maximum absolute atomic E-state index is 11.9. The average Bonchev–Trinajstić information content (AvgIpc) is 2.25. The number of anilines is 1. The molecule has 1 unspecified atom stereocenters. The lowest BCUT2D eigenvalue weighted by Gasteiger charge is -2.19. The van der Waals surface area contributed by atoms with E-state index in [2.05, 4.69) is 15.6 Å². The highest BCUT2D eigenvalue weighted by atomic mass is 32.1. The van der Waals surface area contributed by atoms with Gasteiger partial charge in [0.05, 0.1) is 5.56 Å². The molecule has 1 rings (SSSR count). The fourth-order valence-corrected chi connectivity index (χ4v) is 2.19. The van der Waals surface area contributed by atoms with E-state index in [4.69, 9.17) is 18.0 Å². The fourth-order valence-electron chi connectivity index (χ4n) is 1.93. The zero-order valence-electron chi connectivity index (χ0n) is 12.6. The lowest BCUT2D eigenvalue weighted by atomic mass is 10.1. The van der Waals surface area contributed by atoms with Gasteiger partial charge in [-0.15, -0.1) is 0 Å². The SMILES string of the molecule is Cc1cc(C)c(C(N)=S)c(NC(C)C(=O)NC(C)C)n1. The zero-order valence-corrected chi connectivity index (χ0v) is 13.4. The summed E-state index contributed by atoms with van der Waals surface area (Å²) in [6, 6.07) is 1.59. The number of rotatable bonds is 5. The molecule has 110 valence electrons. The Morgan fingerprint density at radius 2 is 1.95 bits per heavy atom. The van der Waals surface area contributed by atoms with Crippen LogP contribution in [0.4, 0.5) is 5.82 Å². The maximum atomic E-state index is 11.9. The number of carbonyl (C=O) groups excluding carboxylic acids is 1. The minimum Gasteiger partial charge on any atom is -0.389 e. The number of amides is 1. The molecule has 0 aromatic carbocycles. The second kappa shape index (κ2) is 6.65. The molecule has 1 amide bonds. The second-order valence-corrected chi connectivity index (χ2v) is 5.64. The van der Waals surface area contributed by atoms with E-state index in [0.717, 1.165) is 11.3 Å². The summed E-state index contributed by atoms with van der Waals surface area (Å²) in [4.78, 5) is 16.6. The third-order valence-corrected chi connectivity index (χ3v) is 2.97. The minimum atomic E-state index is -0.417. The van der Waals surface area contributed by atoms with Crippen LogP contribution in [0.3, 0.4) is 0 Å². The molecule has 0 radical (unpaired) electrons. The summed E-state index contributed by atoms with van der Waals surface area (Å²) < 4.78 is 0. The molecule has 0 saturated carbocycles. The Morgan fingerprint density at radius 1 is 1.35 bits per heavy atom. The third-order valence-electron chi connectivity index (χ3n) is 2.77. The molecule has 0 spiro atoms. The monoisotopic (exact) mass is 294 g/mol. The van der Waals surface area contributed by atoms with Crippen LogP contribution in [0.25, 0.3) is 0 Å². The predicted octanol–water partition coefficient (Wildman–Crippen LogP) is 1.66. The Labute approximate surface area is 125 Å². The first-order valence-corrected chi connectivity index (χ1v) is 6.98. The van der Waals surface area contributed by atoms with Crippen molar-refractivity contribution in [3.05, 3.63) is 22.9 Å². The first-order chi connectivity index (χ1) is 9.22. The number of aromatic nitrogens is 1. The molecule has 1 heterocycles. The van der Waals surface area contributed by atoms with E-state index >= 15 is 0 Å². The van der Waals surface area contributed by atoms with E-state index in [9.17, 15) is 4.79 Å². The van der Waals surface area contributed by atoms with Crippen molar-refractivity contribution in [3.8, 4) is 0 Å². The lowest BCUT2D eigenvalue weighted by molar-refractivity contribution is -0.122. The largest absolute Gasteiger partial charge is 0.389 e. The maximum Gasteiger partial charge on any atom is 0.242 e. The van der Waals surface area contributed by atoms with E-state index < -0.39 is 6.04 Å². The number of hydrogen-bond acceptors (Lipinski definition) is 4. The number of pyridine rings is 1. The van der Waals surface area contributed by atoms with Crippen molar-refractivity contribution in [2.45, 2.75) is 46.7 Å². The zero-order chi connectivity index (χ0) is 15.4. The molecule has 20 heavy (non-hydrogen) atoms. The normalized spacial score (nSPS) is 12.1. The molecule has 4 N–H and O–H groups in total. The van der Waals surface area contributed by atoms with Crippen molar-refractivity contribution in [1.29, 1.82) is 0 Å². The van der Waals surface area contributed by atoms with Crippen LogP contribution in [0.15, 0.2) is 6.07 Å². The molecule has 5 nitrogen and oxygen atoms in total. The molecular formula is C14H22N4OS. The van der Waals surface area contributed by atoms with Crippen LogP contribution >= 0.6 is 12.2 Å². The highest BCUT2D eigenvalue weighted by Crippen LogP contribution is 2.19. The molecule has 0 aliphatic heterocycles. The summed E-state index contributed by atoms with van der Waals surface area (Å²) in [5.74, 6) is 0.469. The van der Waals surface area contributed by atoms with Gasteiger partial charge in [-0.05, 0) is 46.2 Å². The first-order valence-electron chi connectivity index (χ1n) is 6.57. The van der Waals surface area contributed by atoms with Crippen molar-refractivity contribution >= 4 is 28.9 Å². The molecular weight excluding hydrogens is 272 g/mol. The number of nitrogens with zero attached hydrogens (tertiary/aromatic N) is 1. The highest BCUT2D eigenvalue weighted by Gasteiger charge is 2.18. The van der Waals surface area contributed by atoms with Crippen molar-refractivity contribution in [1.82, 2.24) is 10.3 Å². The molecule has 1 atom stereocenters. The molecule has 0 aliphatic rings. The number of carbonyl (C=O) groups is 1. The van der Waals surface area contributed by atoms with Crippen molar-refractivity contribution < 1.29 is 4.79 Å². The summed E-state index contributed by atoms with van der Waals surface area (Å²) in [5.41, 5.74) is 8.24. The van der Waals surface area contributed by atoms with Crippen molar-refractivity contribution in [2.24, 2.45) is 5.73 Å². The lowest BCUT2D eigenvalue weighted by Crippen LogP contribution is -2.41. The standard InChI is InChI=1S/C14H22N4OS/c1-7(2)16-14(19)10(5)18-13-11(12(15)20)8(3)6-9(4)17-13/h6-7,10H,1-5H3,(H2,15,20)(H,16,19)(H,17,18). The Hall–Kier alpha value is -1.69. The molecule has 0 fully saturated rings. The molecule has 6 heteroatoms. The second-order valence-electron chi connectivity index (χ2n) is 5.20. The Kier molecular flexibility index (Phi) is 5.44. The molecule has 1 aromatic heterocycles. The van der Waals surface area contributed by atoms with E-state index in [0.29, 0.717) is 11.4 Å². The summed E-state index contributed by atoms with van der Waals surface area (Å²) in [7, 11) is 0. The van der Waals surface area contributed by atoms with Crippen LogP contribution in [-0.2, 0) is 4.79 Å². The van der Waals surface area contributed by atoms with E-state index in [1.54, 1.807) is 6.92 Å². The van der Waals surface area contributed by atoms with Gasteiger partial charge in [0.15, 0.2) is 0 Å². The summed E-state index contributed by atoms with van der Waals surface area (Å²) >= 11 is 5.07. The Morgan fingerprint density at radius 3 is 2.45 bits per heavy atom. The third kappa shape index (κ3) is 4.16. The fraction of sp³-hybridized carbons (Fsp3) is 0.500. The topological polar surface area (TPSA) is 80.0 Å². The van der Waals surface area contributed by atoms with Crippen LogP contribution in [0.5, 0.6) is 0 Å². The van der Waals surface area contributed by atoms with Gasteiger partial charge < -0.3 is 16.4 Å². The van der Waals surface area contributed by atoms with Gasteiger partial charge in [0, 0.05) is 11.7 Å². The van der Waals surface area contributed by atoms with Gasteiger partial charge >= 0.3 is 0 Å². The van der Waals surface area contributed by atoms with Gasteiger partial charge in [-0.3, -0.25) is 4.79 Å². The highest BCUT2D eigenvalue weighted by molar-refractivity contribution is 7.80. The number of hydrogen-bond donors (Lipinski definition) is 3. The minimum absolute atomic E-state index is 0.0881. The van der Waals surface area contributed by atoms with Gasteiger partial charge in [-0.1, -0.05) is 12.2 Å². The van der Waals surface area contributed by atoms with Crippen molar-refractivity contribution in [3.63, 3.8) is 0 Å². The molecule has 1 aromatic rings. The van der Waals surface area contributed by atoms with Crippen LogP contribution < -0.4 is 16.4 Å². The summed E-state index contributed by atoms with van der Waals surface area (Å²) in [6.45, 7) is 9.42. The number of nitrogens with two attached hydrogens (primary N) is 1. The summed E-state index contributed by atoms with van der Waals surface area (Å²) in [6.07, 6.45) is 0. The first kappa shape index (κ1) is 16.4. The Bertz CT molecular complexity index is 528. The summed E-state index contributed by atoms with van der Waals surface area (Å²) in [5, 5.41) is 5.94.